The number of hydrogen-bond donors (Lipinski definition) is 1. The van der Waals surface area contributed by atoms with Crippen LogP contribution in [0.5, 0.6) is 0 Å². The van der Waals surface area contributed by atoms with Gasteiger partial charge in [-0.3, -0.25) is 0 Å². The summed E-state index contributed by atoms with van der Waals surface area (Å²) in [4.78, 5) is 0. The van der Waals surface area contributed by atoms with E-state index in [0.717, 1.165) is 0 Å². The van der Waals surface area contributed by atoms with Crippen LogP contribution in [-0.2, 0) is 0 Å². The topological polar surface area (TPSA) is 20.2 Å². The third-order valence-electron chi connectivity index (χ3n) is 0.0913. The molecule has 0 rings (SSSR count). The monoisotopic (exact) mass is 136 g/mol. The zero-order chi connectivity index (χ0) is 3.41. The first-order chi connectivity index (χ1) is 1.91. The Balaban J connectivity index is -0.00000000750. The van der Waals surface area contributed by atoms with Gasteiger partial charge < -0.3 is 7.96 Å². The summed E-state index contributed by atoms with van der Waals surface area (Å²) >= 11 is 0. The van der Waals surface area contributed by atoms with Crippen molar-refractivity contribution in [3.63, 3.8) is 0 Å². The first kappa shape index (κ1) is 15.9. The molecule has 0 aromatic heterocycles. The fraction of sp³-hybridized carbons (Fsp3) is 0.333. The van der Waals surface area contributed by atoms with Crippen LogP contribution in [0.25, 0.3) is 0 Å². The standard InChI is InChI=1S/C3H4O.2K.2H/c1-2-3-4;;;;/h1,4H,3H2;;;;/q;2*+1;2*-1. The van der Waals surface area contributed by atoms with Crippen LogP contribution in [0.4, 0.5) is 0 Å². The van der Waals surface area contributed by atoms with Crippen molar-refractivity contribution in [3.05, 3.63) is 0 Å². The summed E-state index contributed by atoms with van der Waals surface area (Å²) in [6.07, 6.45) is 4.53. The zero-order valence-corrected chi connectivity index (χ0v) is 10.5. The van der Waals surface area contributed by atoms with Gasteiger partial charge in [0.05, 0.1) is 0 Å². The Labute approximate surface area is 126 Å². The molecule has 0 fully saturated rings. The van der Waals surface area contributed by atoms with Crippen LogP contribution in [0.3, 0.4) is 0 Å². The van der Waals surface area contributed by atoms with Crippen molar-refractivity contribution in [1.29, 1.82) is 0 Å². The van der Waals surface area contributed by atoms with Gasteiger partial charge in [0, 0.05) is 0 Å². The smallest absolute Gasteiger partial charge is 1.00 e. The van der Waals surface area contributed by atoms with Crippen molar-refractivity contribution >= 4 is 0 Å². The van der Waals surface area contributed by atoms with E-state index in [9.17, 15) is 0 Å². The van der Waals surface area contributed by atoms with E-state index in [1.807, 2.05) is 5.92 Å². The average Bonchev–Trinajstić information content (AvgIpc) is 1.37. The Hall–Kier alpha value is 2.79. The summed E-state index contributed by atoms with van der Waals surface area (Å²) in [6.45, 7) is -0.153. The molecule has 0 amide bonds. The van der Waals surface area contributed by atoms with Gasteiger partial charge in [-0.25, -0.2) is 0 Å². The van der Waals surface area contributed by atoms with E-state index in [4.69, 9.17) is 5.11 Å². The Morgan fingerprint density at radius 2 is 1.83 bits per heavy atom. The molecule has 0 saturated heterocycles. The molecule has 26 valence electrons. The molecule has 0 aliphatic carbocycles. The second kappa shape index (κ2) is 15.7. The number of terminal acetylenes is 1. The molecule has 0 saturated carbocycles. The summed E-state index contributed by atoms with van der Waals surface area (Å²) in [6, 6.07) is 0. The van der Waals surface area contributed by atoms with Crippen LogP contribution >= 0.6 is 0 Å². The minimum absolute atomic E-state index is 0. The molecule has 0 aromatic carbocycles. The molecular formula is C3H6K2O. The van der Waals surface area contributed by atoms with Crippen molar-refractivity contribution in [1.82, 2.24) is 0 Å². The van der Waals surface area contributed by atoms with E-state index >= 15 is 0 Å². The van der Waals surface area contributed by atoms with E-state index < -0.39 is 0 Å². The molecule has 0 unspecified atom stereocenters. The van der Waals surface area contributed by atoms with Gasteiger partial charge in [-0.15, -0.1) is 6.42 Å². The van der Waals surface area contributed by atoms with Gasteiger partial charge in [0.1, 0.15) is 6.61 Å². The van der Waals surface area contributed by atoms with Crippen molar-refractivity contribution in [2.45, 2.75) is 0 Å². The average molecular weight is 136 g/mol. The molecule has 1 N–H and O–H groups in total. The third-order valence-corrected chi connectivity index (χ3v) is 0.0913. The largest absolute Gasteiger partial charge is 1.00 e. The Morgan fingerprint density at radius 3 is 1.83 bits per heavy atom. The van der Waals surface area contributed by atoms with Crippen LogP contribution in [0.2, 0.25) is 0 Å². The summed E-state index contributed by atoms with van der Waals surface area (Å²) in [5.41, 5.74) is 0. The second-order valence-electron chi connectivity index (χ2n) is 0.362. The summed E-state index contributed by atoms with van der Waals surface area (Å²) in [7, 11) is 0. The fourth-order valence-electron chi connectivity index (χ4n) is 0. The minimum Gasteiger partial charge on any atom is -1.00 e. The Morgan fingerprint density at radius 1 is 1.67 bits per heavy atom. The van der Waals surface area contributed by atoms with Gasteiger partial charge in [0.2, 0.25) is 0 Å². The number of aliphatic hydroxyl groups excluding tert-OH is 1. The molecule has 1 nitrogen and oxygen atoms in total. The van der Waals surface area contributed by atoms with E-state index in [1.165, 1.54) is 0 Å². The molecule has 0 atom stereocenters. The predicted molar refractivity (Wildman–Crippen MR) is 18.1 cm³/mol. The van der Waals surface area contributed by atoms with E-state index in [-0.39, 0.29) is 112 Å². The molecular weight excluding hydrogens is 130 g/mol. The second-order valence-corrected chi connectivity index (χ2v) is 0.362. The van der Waals surface area contributed by atoms with Crippen molar-refractivity contribution < 1.29 is 111 Å². The maximum Gasteiger partial charge on any atom is 1.00 e. The van der Waals surface area contributed by atoms with Crippen LogP contribution in [-0.4, -0.2) is 11.7 Å². The summed E-state index contributed by atoms with van der Waals surface area (Å²) < 4.78 is 0. The normalized spacial score (nSPS) is 3.33. The number of hydrogen-bond acceptors (Lipinski definition) is 1. The SMILES string of the molecule is C#CCO.[H-].[H-].[K+].[K+]. The minimum atomic E-state index is -0.153. The quantitative estimate of drug-likeness (QED) is 0.260. The van der Waals surface area contributed by atoms with Gasteiger partial charge in [-0.2, -0.15) is 0 Å². The Bertz CT molecular complexity index is 45.0. The Kier molecular flexibility index (Phi) is 41.5. The van der Waals surface area contributed by atoms with Gasteiger partial charge in [-0.05, 0) is 0 Å². The van der Waals surface area contributed by atoms with E-state index in [1.54, 1.807) is 0 Å². The predicted octanol–water partition coefficient (Wildman–Crippen LogP) is -6.16. The van der Waals surface area contributed by atoms with Gasteiger partial charge in [-0.1, -0.05) is 5.92 Å². The third kappa shape index (κ3) is 15.8. The van der Waals surface area contributed by atoms with Gasteiger partial charge in [0.25, 0.3) is 0 Å². The molecule has 0 aliphatic rings. The molecule has 0 aromatic rings. The first-order valence-electron chi connectivity index (χ1n) is 0.958. The van der Waals surface area contributed by atoms with Crippen LogP contribution in [0.15, 0.2) is 0 Å². The van der Waals surface area contributed by atoms with Crippen molar-refractivity contribution in [2.24, 2.45) is 0 Å². The number of aliphatic hydroxyl groups is 1. The maximum absolute atomic E-state index is 7.64. The molecule has 0 bridgehead atoms. The zero-order valence-electron chi connectivity index (χ0n) is 6.23. The number of rotatable bonds is 0. The molecule has 0 heterocycles. The van der Waals surface area contributed by atoms with Crippen molar-refractivity contribution in [2.75, 3.05) is 6.61 Å². The molecule has 0 radical (unpaired) electrons. The molecule has 3 heteroatoms. The fourth-order valence-corrected chi connectivity index (χ4v) is 0. The van der Waals surface area contributed by atoms with Crippen LogP contribution < -0.4 is 103 Å². The maximum atomic E-state index is 7.64. The van der Waals surface area contributed by atoms with Gasteiger partial charge >= 0.3 is 103 Å². The molecule has 0 spiro atoms. The first-order valence-corrected chi connectivity index (χ1v) is 0.958. The summed E-state index contributed by atoms with van der Waals surface area (Å²) in [5, 5.41) is 7.64. The van der Waals surface area contributed by atoms with Crippen LogP contribution in [0, 0.1) is 12.3 Å². The molecule has 0 aliphatic heterocycles. The van der Waals surface area contributed by atoms with Crippen LogP contribution in [0.1, 0.15) is 2.85 Å². The van der Waals surface area contributed by atoms with Crippen molar-refractivity contribution in [3.8, 4) is 12.3 Å². The van der Waals surface area contributed by atoms with Gasteiger partial charge in [0.15, 0.2) is 0 Å². The molecule has 6 heavy (non-hydrogen) atoms. The van der Waals surface area contributed by atoms with E-state index in [2.05, 4.69) is 6.42 Å². The van der Waals surface area contributed by atoms with E-state index in [0.29, 0.717) is 0 Å². The summed E-state index contributed by atoms with van der Waals surface area (Å²) in [5.74, 6) is 1.99.